The van der Waals surface area contributed by atoms with Gasteiger partial charge >= 0.3 is 0 Å². The average molecular weight is 307 g/mol. The van der Waals surface area contributed by atoms with Crippen molar-refractivity contribution in [3.05, 3.63) is 58.3 Å². The molecular weight excluding hydrogens is 292 g/mol. The van der Waals surface area contributed by atoms with Crippen molar-refractivity contribution in [3.63, 3.8) is 0 Å². The first kappa shape index (κ1) is 13.1. The molecule has 1 heterocycles. The molecule has 0 aliphatic carbocycles. The van der Waals surface area contributed by atoms with Crippen LogP contribution in [0.4, 0.5) is 5.69 Å². The van der Waals surface area contributed by atoms with Crippen LogP contribution in [-0.4, -0.2) is 16.6 Å². The summed E-state index contributed by atoms with van der Waals surface area (Å²) in [6, 6.07) is 10.0. The van der Waals surface area contributed by atoms with E-state index in [0.717, 1.165) is 28.7 Å². The van der Waals surface area contributed by atoms with Crippen LogP contribution in [0.25, 0.3) is 0 Å². The lowest BCUT2D eigenvalue weighted by atomic mass is 10.1. The van der Waals surface area contributed by atoms with Crippen molar-refractivity contribution in [2.45, 2.75) is 13.0 Å². The first-order chi connectivity index (χ1) is 8.78. The van der Waals surface area contributed by atoms with E-state index in [1.165, 1.54) is 5.56 Å². The number of halogens is 1. The van der Waals surface area contributed by atoms with Gasteiger partial charge in [0.15, 0.2) is 0 Å². The molecule has 2 rings (SSSR count). The van der Waals surface area contributed by atoms with Gasteiger partial charge in [0.2, 0.25) is 0 Å². The van der Waals surface area contributed by atoms with Crippen LogP contribution < -0.4 is 5.32 Å². The van der Waals surface area contributed by atoms with Gasteiger partial charge in [-0.2, -0.15) is 0 Å². The van der Waals surface area contributed by atoms with Crippen molar-refractivity contribution in [1.82, 2.24) is 4.98 Å². The van der Waals surface area contributed by atoms with Crippen molar-refractivity contribution in [3.8, 4) is 0 Å². The monoisotopic (exact) mass is 306 g/mol. The predicted octanol–water partition coefficient (Wildman–Crippen LogP) is 2.99. The number of aliphatic hydroxyl groups excluding tert-OH is 1. The molecule has 94 valence electrons. The van der Waals surface area contributed by atoms with Gasteiger partial charge in [-0.3, -0.25) is 4.98 Å². The van der Waals surface area contributed by atoms with Gasteiger partial charge in [-0.25, -0.2) is 0 Å². The lowest BCUT2D eigenvalue weighted by molar-refractivity contribution is 0.282. The summed E-state index contributed by atoms with van der Waals surface area (Å²) in [6.07, 6.45) is 4.51. The lowest BCUT2D eigenvalue weighted by Crippen LogP contribution is -2.05. The third-order valence-electron chi connectivity index (χ3n) is 2.65. The van der Waals surface area contributed by atoms with Crippen LogP contribution in [0.15, 0.2) is 47.2 Å². The highest BCUT2D eigenvalue weighted by Gasteiger charge is 1.96. The number of nitrogens with zero attached hydrogens (tertiary/aromatic N) is 1. The third-order valence-corrected chi connectivity index (χ3v) is 3.09. The smallest absolute Gasteiger partial charge is 0.0681 e. The molecule has 0 radical (unpaired) electrons. The van der Waals surface area contributed by atoms with E-state index in [1.54, 1.807) is 12.4 Å². The minimum atomic E-state index is 0.0994. The molecule has 1 aromatic carbocycles. The van der Waals surface area contributed by atoms with Crippen LogP contribution in [-0.2, 0) is 13.0 Å². The molecule has 0 aliphatic rings. The standard InChI is InChI=1S/C14H15BrN2O/c15-13-7-14(9-16-8-13)17-6-5-11-1-3-12(10-18)4-2-11/h1-4,7-9,17-18H,5-6,10H2. The normalized spacial score (nSPS) is 10.3. The maximum absolute atomic E-state index is 8.96. The fourth-order valence-electron chi connectivity index (χ4n) is 1.67. The molecule has 18 heavy (non-hydrogen) atoms. The molecule has 0 saturated heterocycles. The number of hydrogen-bond donors (Lipinski definition) is 2. The molecule has 0 saturated carbocycles. The van der Waals surface area contributed by atoms with Gasteiger partial charge in [0, 0.05) is 17.2 Å². The Hall–Kier alpha value is -1.39. The third kappa shape index (κ3) is 3.82. The topological polar surface area (TPSA) is 45.1 Å². The second-order valence-corrected chi connectivity index (χ2v) is 4.96. The molecule has 0 spiro atoms. The molecule has 0 fully saturated rings. The number of nitrogens with one attached hydrogen (secondary N) is 1. The van der Waals surface area contributed by atoms with E-state index in [-0.39, 0.29) is 6.61 Å². The van der Waals surface area contributed by atoms with E-state index in [9.17, 15) is 0 Å². The predicted molar refractivity (Wildman–Crippen MR) is 76.5 cm³/mol. The minimum absolute atomic E-state index is 0.0994. The van der Waals surface area contributed by atoms with E-state index in [4.69, 9.17) is 5.11 Å². The van der Waals surface area contributed by atoms with E-state index >= 15 is 0 Å². The van der Waals surface area contributed by atoms with E-state index in [1.807, 2.05) is 30.3 Å². The summed E-state index contributed by atoms with van der Waals surface area (Å²) in [5.74, 6) is 0. The fraction of sp³-hybridized carbons (Fsp3) is 0.214. The van der Waals surface area contributed by atoms with E-state index in [0.29, 0.717) is 0 Å². The molecule has 2 aromatic rings. The highest BCUT2D eigenvalue weighted by atomic mass is 79.9. The zero-order valence-corrected chi connectivity index (χ0v) is 11.5. The summed E-state index contributed by atoms with van der Waals surface area (Å²) in [6.45, 7) is 0.957. The van der Waals surface area contributed by atoms with Gasteiger partial charge in [-0.05, 0) is 39.5 Å². The molecule has 0 unspecified atom stereocenters. The Morgan fingerprint density at radius 1 is 1.11 bits per heavy atom. The molecule has 0 atom stereocenters. The van der Waals surface area contributed by atoms with Gasteiger partial charge in [0.1, 0.15) is 0 Å². The summed E-state index contributed by atoms with van der Waals surface area (Å²) in [5, 5.41) is 12.3. The van der Waals surface area contributed by atoms with Crippen molar-refractivity contribution in [2.75, 3.05) is 11.9 Å². The Balaban J connectivity index is 1.84. The maximum atomic E-state index is 8.96. The number of benzene rings is 1. The largest absolute Gasteiger partial charge is 0.392 e. The Kier molecular flexibility index (Phi) is 4.73. The van der Waals surface area contributed by atoms with Crippen molar-refractivity contribution >= 4 is 21.6 Å². The zero-order chi connectivity index (χ0) is 12.8. The fourth-order valence-corrected chi connectivity index (χ4v) is 2.04. The van der Waals surface area contributed by atoms with E-state index < -0.39 is 0 Å². The molecule has 0 amide bonds. The summed E-state index contributed by atoms with van der Waals surface area (Å²) in [7, 11) is 0. The number of aromatic nitrogens is 1. The van der Waals surface area contributed by atoms with Crippen molar-refractivity contribution in [1.29, 1.82) is 0 Å². The molecule has 0 bridgehead atoms. The number of pyridine rings is 1. The van der Waals surface area contributed by atoms with Crippen LogP contribution >= 0.6 is 15.9 Å². The van der Waals surface area contributed by atoms with Crippen molar-refractivity contribution in [2.24, 2.45) is 0 Å². The molecule has 4 heteroatoms. The highest BCUT2D eigenvalue weighted by Crippen LogP contribution is 2.13. The maximum Gasteiger partial charge on any atom is 0.0681 e. The second-order valence-electron chi connectivity index (χ2n) is 4.04. The number of aliphatic hydroxyl groups is 1. The molecular formula is C14H15BrN2O. The lowest BCUT2D eigenvalue weighted by Gasteiger charge is -2.06. The Bertz CT molecular complexity index is 499. The van der Waals surface area contributed by atoms with Gasteiger partial charge in [0.05, 0.1) is 18.5 Å². The average Bonchev–Trinajstić information content (AvgIpc) is 2.40. The van der Waals surface area contributed by atoms with Crippen LogP contribution in [0, 0.1) is 0 Å². The first-order valence-electron chi connectivity index (χ1n) is 5.81. The second kappa shape index (κ2) is 6.52. The van der Waals surface area contributed by atoms with Gasteiger partial charge in [0.25, 0.3) is 0 Å². The summed E-state index contributed by atoms with van der Waals surface area (Å²) >= 11 is 3.39. The first-order valence-corrected chi connectivity index (χ1v) is 6.60. The summed E-state index contributed by atoms with van der Waals surface area (Å²) < 4.78 is 0.972. The van der Waals surface area contributed by atoms with Crippen LogP contribution in [0.1, 0.15) is 11.1 Å². The van der Waals surface area contributed by atoms with E-state index in [2.05, 4.69) is 26.2 Å². The van der Waals surface area contributed by atoms with Crippen LogP contribution in [0.5, 0.6) is 0 Å². The zero-order valence-electron chi connectivity index (χ0n) is 9.94. The number of anilines is 1. The number of rotatable bonds is 5. The highest BCUT2D eigenvalue weighted by molar-refractivity contribution is 9.10. The Morgan fingerprint density at radius 3 is 2.50 bits per heavy atom. The Labute approximate surface area is 115 Å². The number of hydrogen-bond acceptors (Lipinski definition) is 3. The van der Waals surface area contributed by atoms with Gasteiger partial charge in [-0.1, -0.05) is 24.3 Å². The summed E-state index contributed by atoms with van der Waals surface area (Å²) in [5.41, 5.74) is 3.21. The minimum Gasteiger partial charge on any atom is -0.392 e. The van der Waals surface area contributed by atoms with Gasteiger partial charge in [-0.15, -0.1) is 0 Å². The molecule has 1 aromatic heterocycles. The molecule has 0 aliphatic heterocycles. The van der Waals surface area contributed by atoms with Gasteiger partial charge < -0.3 is 10.4 Å². The van der Waals surface area contributed by atoms with Crippen molar-refractivity contribution < 1.29 is 5.11 Å². The summed E-state index contributed by atoms with van der Waals surface area (Å²) in [4.78, 5) is 4.10. The Morgan fingerprint density at radius 2 is 1.83 bits per heavy atom. The van der Waals surface area contributed by atoms with Crippen LogP contribution in [0.2, 0.25) is 0 Å². The quantitative estimate of drug-likeness (QED) is 0.892. The molecule has 2 N–H and O–H groups in total. The van der Waals surface area contributed by atoms with Crippen LogP contribution in [0.3, 0.4) is 0 Å². The molecule has 3 nitrogen and oxygen atoms in total. The SMILES string of the molecule is OCc1ccc(CCNc2cncc(Br)c2)cc1.